The molecule has 2 N–H and O–H groups in total. The van der Waals surface area contributed by atoms with Gasteiger partial charge in [-0.15, -0.1) is 24.0 Å². The van der Waals surface area contributed by atoms with Crippen molar-refractivity contribution in [2.45, 2.75) is 32.9 Å². The number of halogens is 1. The van der Waals surface area contributed by atoms with Gasteiger partial charge in [-0.2, -0.15) is 0 Å². The molecule has 140 valence electrons. The molecule has 1 fully saturated rings. The van der Waals surface area contributed by atoms with Gasteiger partial charge in [0.25, 0.3) is 0 Å². The summed E-state index contributed by atoms with van der Waals surface area (Å²) in [6, 6.07) is 12.5. The van der Waals surface area contributed by atoms with Gasteiger partial charge in [-0.05, 0) is 42.9 Å². The smallest absolute Gasteiger partial charge is 0.213 e. The zero-order valence-corrected chi connectivity index (χ0v) is 17.7. The lowest BCUT2D eigenvalue weighted by atomic mass is 10.1. The fraction of sp³-hybridized carbons (Fsp3) is 0.400. The van der Waals surface area contributed by atoms with Gasteiger partial charge in [-0.3, -0.25) is 4.99 Å². The highest BCUT2D eigenvalue weighted by atomic mass is 127. The molecule has 0 amide bonds. The first-order valence-electron chi connectivity index (χ1n) is 8.81. The van der Waals surface area contributed by atoms with Crippen LogP contribution in [0.1, 0.15) is 29.5 Å². The van der Waals surface area contributed by atoms with E-state index in [2.05, 4.69) is 51.8 Å². The molecule has 1 aliphatic rings. The molecule has 1 aromatic carbocycles. The third-order valence-corrected chi connectivity index (χ3v) is 4.23. The van der Waals surface area contributed by atoms with Crippen LogP contribution in [0.3, 0.4) is 0 Å². The number of aromatic nitrogens is 1. The van der Waals surface area contributed by atoms with Crippen molar-refractivity contribution >= 4 is 29.9 Å². The molecule has 0 atom stereocenters. The lowest BCUT2D eigenvalue weighted by Gasteiger charge is -2.13. The van der Waals surface area contributed by atoms with E-state index in [1.54, 1.807) is 13.2 Å². The number of guanidine groups is 1. The first-order valence-corrected chi connectivity index (χ1v) is 8.81. The van der Waals surface area contributed by atoms with E-state index in [0.717, 1.165) is 30.6 Å². The standard InChI is InChI=1S/C20H26N4O.HI/c1-15-3-5-16(6-4-15)12-23-20(21-2)24-13-18-9-10-22-19(11-18)25-14-17-7-8-17;/h3-6,9-11,17H,7-8,12-14H2,1-2H3,(H2,21,23,24);1H. The minimum atomic E-state index is 0. The predicted molar refractivity (Wildman–Crippen MR) is 116 cm³/mol. The number of rotatable bonds is 7. The quantitative estimate of drug-likeness (QED) is 0.372. The van der Waals surface area contributed by atoms with Gasteiger partial charge in [0.15, 0.2) is 5.96 Å². The number of hydrogen-bond donors (Lipinski definition) is 2. The summed E-state index contributed by atoms with van der Waals surface area (Å²) >= 11 is 0. The maximum absolute atomic E-state index is 5.73. The van der Waals surface area contributed by atoms with Crippen LogP contribution < -0.4 is 15.4 Å². The summed E-state index contributed by atoms with van der Waals surface area (Å²) in [5.41, 5.74) is 3.62. The van der Waals surface area contributed by atoms with Crippen LogP contribution in [-0.4, -0.2) is 24.6 Å². The van der Waals surface area contributed by atoms with Crippen LogP contribution in [0.5, 0.6) is 5.88 Å². The Kier molecular flexibility index (Phi) is 8.15. The second-order valence-corrected chi connectivity index (χ2v) is 6.52. The van der Waals surface area contributed by atoms with Crippen LogP contribution in [0.4, 0.5) is 0 Å². The number of pyridine rings is 1. The van der Waals surface area contributed by atoms with Crippen molar-refractivity contribution in [3.8, 4) is 5.88 Å². The van der Waals surface area contributed by atoms with Crippen LogP contribution in [0.25, 0.3) is 0 Å². The van der Waals surface area contributed by atoms with E-state index < -0.39 is 0 Å². The summed E-state index contributed by atoms with van der Waals surface area (Å²) in [6.45, 7) is 4.29. The molecule has 0 bridgehead atoms. The van der Waals surface area contributed by atoms with Crippen molar-refractivity contribution in [1.82, 2.24) is 15.6 Å². The van der Waals surface area contributed by atoms with Crippen molar-refractivity contribution in [1.29, 1.82) is 0 Å². The zero-order valence-electron chi connectivity index (χ0n) is 15.4. The molecule has 26 heavy (non-hydrogen) atoms. The molecule has 3 rings (SSSR count). The van der Waals surface area contributed by atoms with Crippen molar-refractivity contribution in [2.24, 2.45) is 10.9 Å². The second-order valence-electron chi connectivity index (χ2n) is 6.52. The summed E-state index contributed by atoms with van der Waals surface area (Å²) in [4.78, 5) is 8.55. The molecule has 0 saturated heterocycles. The normalized spacial score (nSPS) is 13.7. The van der Waals surface area contributed by atoms with Gasteiger partial charge in [0.05, 0.1) is 6.61 Å². The fourth-order valence-corrected chi connectivity index (χ4v) is 2.43. The Morgan fingerprint density at radius 2 is 1.81 bits per heavy atom. The van der Waals surface area contributed by atoms with E-state index in [0.29, 0.717) is 12.4 Å². The second kappa shape index (κ2) is 10.4. The molecule has 1 saturated carbocycles. The summed E-state index contributed by atoms with van der Waals surface area (Å²) in [5.74, 6) is 2.21. The number of benzene rings is 1. The van der Waals surface area contributed by atoms with E-state index in [-0.39, 0.29) is 24.0 Å². The Balaban J connectivity index is 0.00000243. The third-order valence-electron chi connectivity index (χ3n) is 4.23. The molecule has 0 aliphatic heterocycles. The third kappa shape index (κ3) is 6.82. The van der Waals surface area contributed by atoms with E-state index in [9.17, 15) is 0 Å². The molecule has 6 heteroatoms. The van der Waals surface area contributed by atoms with Gasteiger partial charge in [0.1, 0.15) is 0 Å². The monoisotopic (exact) mass is 466 g/mol. The average molecular weight is 466 g/mol. The molecule has 0 radical (unpaired) electrons. The maximum atomic E-state index is 5.73. The molecule has 1 heterocycles. The van der Waals surface area contributed by atoms with Crippen molar-refractivity contribution < 1.29 is 4.74 Å². The van der Waals surface area contributed by atoms with Crippen molar-refractivity contribution in [3.05, 3.63) is 59.3 Å². The van der Waals surface area contributed by atoms with Crippen molar-refractivity contribution in [3.63, 3.8) is 0 Å². The van der Waals surface area contributed by atoms with Gasteiger partial charge in [0.2, 0.25) is 5.88 Å². The van der Waals surface area contributed by atoms with E-state index in [4.69, 9.17) is 4.74 Å². The molecule has 0 unspecified atom stereocenters. The van der Waals surface area contributed by atoms with Gasteiger partial charge in [0, 0.05) is 32.4 Å². The first kappa shape index (κ1) is 20.5. The number of aliphatic imine (C=N–C) groups is 1. The number of ether oxygens (including phenoxy) is 1. The summed E-state index contributed by atoms with van der Waals surface area (Å²) < 4.78 is 5.73. The number of hydrogen-bond acceptors (Lipinski definition) is 3. The molecule has 0 spiro atoms. The molecule has 1 aromatic heterocycles. The average Bonchev–Trinajstić information content (AvgIpc) is 3.46. The summed E-state index contributed by atoms with van der Waals surface area (Å²) in [6.07, 6.45) is 4.36. The Morgan fingerprint density at radius 1 is 1.12 bits per heavy atom. The number of nitrogens with one attached hydrogen (secondary N) is 2. The lowest BCUT2D eigenvalue weighted by molar-refractivity contribution is 0.288. The highest BCUT2D eigenvalue weighted by molar-refractivity contribution is 14.0. The SMILES string of the molecule is CN=C(NCc1ccc(C)cc1)NCc1ccnc(OCC2CC2)c1.I. The Labute approximate surface area is 172 Å². The van der Waals surface area contributed by atoms with Crippen LogP contribution in [-0.2, 0) is 13.1 Å². The van der Waals surface area contributed by atoms with Gasteiger partial charge >= 0.3 is 0 Å². The molecular formula is C20H27IN4O. The van der Waals surface area contributed by atoms with Crippen molar-refractivity contribution in [2.75, 3.05) is 13.7 Å². The maximum Gasteiger partial charge on any atom is 0.213 e. The summed E-state index contributed by atoms with van der Waals surface area (Å²) in [5, 5.41) is 6.66. The summed E-state index contributed by atoms with van der Waals surface area (Å²) in [7, 11) is 1.78. The Hall–Kier alpha value is -1.83. The number of nitrogens with zero attached hydrogens (tertiary/aromatic N) is 2. The van der Waals surface area contributed by atoms with E-state index in [1.165, 1.54) is 24.0 Å². The van der Waals surface area contributed by atoms with Crippen LogP contribution in [0.2, 0.25) is 0 Å². The van der Waals surface area contributed by atoms with E-state index >= 15 is 0 Å². The fourth-order valence-electron chi connectivity index (χ4n) is 2.43. The van der Waals surface area contributed by atoms with Gasteiger partial charge in [-0.25, -0.2) is 4.98 Å². The topological polar surface area (TPSA) is 58.5 Å². The molecule has 1 aliphatic carbocycles. The lowest BCUT2D eigenvalue weighted by Crippen LogP contribution is -2.36. The molecule has 5 nitrogen and oxygen atoms in total. The first-order chi connectivity index (χ1) is 12.2. The number of aryl methyl sites for hydroxylation is 1. The highest BCUT2D eigenvalue weighted by Gasteiger charge is 2.22. The minimum absolute atomic E-state index is 0. The van der Waals surface area contributed by atoms with Crippen LogP contribution in [0, 0.1) is 12.8 Å². The molecular weight excluding hydrogens is 439 g/mol. The van der Waals surface area contributed by atoms with Gasteiger partial charge < -0.3 is 15.4 Å². The zero-order chi connectivity index (χ0) is 17.5. The highest BCUT2D eigenvalue weighted by Crippen LogP contribution is 2.29. The molecule has 2 aromatic rings. The predicted octanol–water partition coefficient (Wildman–Crippen LogP) is 3.66. The Morgan fingerprint density at radius 3 is 2.46 bits per heavy atom. The largest absolute Gasteiger partial charge is 0.477 e. The van der Waals surface area contributed by atoms with E-state index in [1.807, 2.05) is 12.1 Å². The van der Waals surface area contributed by atoms with Gasteiger partial charge in [-0.1, -0.05) is 29.8 Å². The van der Waals surface area contributed by atoms with Crippen LogP contribution in [0.15, 0.2) is 47.6 Å². The minimum Gasteiger partial charge on any atom is -0.477 e. The van der Waals surface area contributed by atoms with Crippen LogP contribution >= 0.6 is 24.0 Å². The Bertz CT molecular complexity index is 714.